The van der Waals surface area contributed by atoms with Crippen LogP contribution in [0.3, 0.4) is 0 Å². The van der Waals surface area contributed by atoms with Crippen molar-refractivity contribution < 1.29 is 18.4 Å². The van der Waals surface area contributed by atoms with Crippen molar-refractivity contribution in [3.63, 3.8) is 0 Å². The Hall–Kier alpha value is -3.00. The normalized spacial score (nSPS) is 17.1. The molecule has 1 atom stereocenters. The van der Waals surface area contributed by atoms with Crippen molar-refractivity contribution >= 4 is 29.3 Å². The lowest BCUT2D eigenvalue weighted by molar-refractivity contribution is -0.121. The molecule has 0 saturated carbocycles. The molecule has 2 amide bonds. The lowest BCUT2D eigenvalue weighted by Crippen LogP contribution is -2.31. The molecule has 0 bridgehead atoms. The van der Waals surface area contributed by atoms with E-state index in [1.54, 1.807) is 6.07 Å². The van der Waals surface area contributed by atoms with Crippen LogP contribution in [0, 0.1) is 5.82 Å². The lowest BCUT2D eigenvalue weighted by Gasteiger charge is -2.14. The molecule has 4 rings (SSSR count). The van der Waals surface area contributed by atoms with E-state index in [0.29, 0.717) is 5.89 Å². The fourth-order valence-corrected chi connectivity index (χ4v) is 3.55. The van der Waals surface area contributed by atoms with Crippen LogP contribution in [0.4, 0.5) is 10.1 Å². The summed E-state index contributed by atoms with van der Waals surface area (Å²) in [6.45, 7) is 0. The van der Waals surface area contributed by atoms with E-state index in [-0.39, 0.29) is 17.3 Å². The molecule has 0 N–H and O–H groups in total. The number of carbonyl (C=O) groups is 2. The van der Waals surface area contributed by atoms with Gasteiger partial charge in [-0.1, -0.05) is 42.1 Å². The third kappa shape index (κ3) is 2.99. The van der Waals surface area contributed by atoms with Gasteiger partial charge in [0.15, 0.2) is 0 Å². The summed E-state index contributed by atoms with van der Waals surface area (Å²) >= 11 is 1.01. The molecule has 130 valence electrons. The first-order valence-electron chi connectivity index (χ1n) is 7.80. The highest BCUT2D eigenvalue weighted by atomic mass is 32.2. The van der Waals surface area contributed by atoms with Gasteiger partial charge in [0.2, 0.25) is 17.7 Å². The Balaban J connectivity index is 1.53. The van der Waals surface area contributed by atoms with E-state index in [1.165, 1.54) is 18.2 Å². The Morgan fingerprint density at radius 2 is 1.77 bits per heavy atom. The van der Waals surface area contributed by atoms with Gasteiger partial charge in [0.1, 0.15) is 11.1 Å². The first kappa shape index (κ1) is 16.5. The van der Waals surface area contributed by atoms with Gasteiger partial charge in [-0.05, 0) is 24.3 Å². The number of hydrogen-bond donors (Lipinski definition) is 0. The summed E-state index contributed by atoms with van der Waals surface area (Å²) in [6.07, 6.45) is -0.0547. The third-order valence-corrected chi connectivity index (χ3v) is 4.89. The highest BCUT2D eigenvalue weighted by Crippen LogP contribution is 2.35. The maximum absolute atomic E-state index is 13.9. The number of benzene rings is 2. The van der Waals surface area contributed by atoms with Crippen molar-refractivity contribution in [3.05, 3.63) is 60.4 Å². The van der Waals surface area contributed by atoms with E-state index < -0.39 is 22.9 Å². The van der Waals surface area contributed by atoms with E-state index in [9.17, 15) is 14.0 Å². The number of halogens is 1. The Morgan fingerprint density at radius 1 is 1.04 bits per heavy atom. The zero-order valence-electron chi connectivity index (χ0n) is 13.3. The van der Waals surface area contributed by atoms with Crippen molar-refractivity contribution in [2.75, 3.05) is 4.90 Å². The topological polar surface area (TPSA) is 76.3 Å². The Morgan fingerprint density at radius 3 is 2.54 bits per heavy atom. The molecule has 0 unspecified atom stereocenters. The Bertz CT molecular complexity index is 977. The number of rotatable bonds is 4. The minimum atomic E-state index is -0.730. The molecule has 1 fully saturated rings. The van der Waals surface area contributed by atoms with Crippen molar-refractivity contribution in [3.8, 4) is 11.5 Å². The average Bonchev–Trinajstić information content (AvgIpc) is 3.22. The van der Waals surface area contributed by atoms with Crippen molar-refractivity contribution in [2.24, 2.45) is 0 Å². The number of thioether (sulfide) groups is 1. The molecule has 3 aromatic rings. The SMILES string of the molecule is O=C1C[C@H](Sc2nnc(-c3ccccc3)o2)C(=O)N1c1ccccc1F. The van der Waals surface area contributed by atoms with E-state index in [4.69, 9.17) is 4.42 Å². The zero-order valence-corrected chi connectivity index (χ0v) is 14.1. The van der Waals surface area contributed by atoms with Gasteiger partial charge in [-0.25, -0.2) is 9.29 Å². The van der Waals surface area contributed by atoms with Crippen LogP contribution in [0.1, 0.15) is 6.42 Å². The monoisotopic (exact) mass is 369 g/mol. The molecule has 0 spiro atoms. The lowest BCUT2D eigenvalue weighted by atomic mass is 10.2. The zero-order chi connectivity index (χ0) is 18.1. The molecular weight excluding hydrogens is 357 g/mol. The predicted molar refractivity (Wildman–Crippen MR) is 92.9 cm³/mol. The predicted octanol–water partition coefficient (Wildman–Crippen LogP) is 3.30. The number of aromatic nitrogens is 2. The first-order chi connectivity index (χ1) is 12.6. The van der Waals surface area contributed by atoms with Crippen LogP contribution in [-0.2, 0) is 9.59 Å². The molecule has 2 heterocycles. The van der Waals surface area contributed by atoms with Crippen LogP contribution in [0.15, 0.2) is 64.2 Å². The van der Waals surface area contributed by atoms with Crippen LogP contribution >= 0.6 is 11.8 Å². The maximum atomic E-state index is 13.9. The van der Waals surface area contributed by atoms with Crippen LogP contribution < -0.4 is 4.90 Å². The molecule has 0 aliphatic carbocycles. The number of nitrogens with zero attached hydrogens (tertiary/aromatic N) is 3. The molecule has 6 nitrogen and oxygen atoms in total. The van der Waals surface area contributed by atoms with E-state index in [1.807, 2.05) is 30.3 Å². The maximum Gasteiger partial charge on any atom is 0.277 e. The summed E-state index contributed by atoms with van der Waals surface area (Å²) in [6, 6.07) is 14.9. The molecule has 1 aliphatic heterocycles. The Labute approximate surface area is 152 Å². The summed E-state index contributed by atoms with van der Waals surface area (Å²) in [5.74, 6) is -1.25. The van der Waals surface area contributed by atoms with Gasteiger partial charge >= 0.3 is 0 Å². The van der Waals surface area contributed by atoms with Gasteiger partial charge in [0.05, 0.1) is 5.69 Å². The van der Waals surface area contributed by atoms with E-state index in [0.717, 1.165) is 22.2 Å². The fraction of sp³-hybridized carbons (Fsp3) is 0.111. The summed E-state index contributed by atoms with van der Waals surface area (Å²) in [7, 11) is 0. The van der Waals surface area contributed by atoms with E-state index in [2.05, 4.69) is 10.2 Å². The van der Waals surface area contributed by atoms with Crippen LogP contribution in [0.2, 0.25) is 0 Å². The van der Waals surface area contributed by atoms with E-state index >= 15 is 0 Å². The highest BCUT2D eigenvalue weighted by Gasteiger charge is 2.42. The molecule has 26 heavy (non-hydrogen) atoms. The first-order valence-corrected chi connectivity index (χ1v) is 8.68. The molecule has 1 aromatic heterocycles. The van der Waals surface area contributed by atoms with Crippen molar-refractivity contribution in [1.82, 2.24) is 10.2 Å². The smallest absolute Gasteiger partial charge is 0.277 e. The summed E-state index contributed by atoms with van der Waals surface area (Å²) in [5, 5.41) is 7.33. The number of hydrogen-bond acceptors (Lipinski definition) is 6. The fourth-order valence-electron chi connectivity index (χ4n) is 2.66. The second-order valence-corrected chi connectivity index (χ2v) is 6.72. The molecule has 0 radical (unpaired) electrons. The number of imide groups is 1. The molecule has 1 aliphatic rings. The number of amides is 2. The number of carbonyl (C=O) groups excluding carboxylic acids is 2. The molecule has 1 saturated heterocycles. The molecular formula is C18H12FN3O3S. The summed E-state index contributed by atoms with van der Waals surface area (Å²) in [5.41, 5.74) is 0.717. The summed E-state index contributed by atoms with van der Waals surface area (Å²) < 4.78 is 19.5. The van der Waals surface area contributed by atoms with Crippen LogP contribution in [0.5, 0.6) is 0 Å². The Kier molecular flexibility index (Phi) is 4.26. The number of para-hydroxylation sites is 1. The van der Waals surface area contributed by atoms with Crippen LogP contribution in [0.25, 0.3) is 11.5 Å². The minimum Gasteiger partial charge on any atom is -0.411 e. The quantitative estimate of drug-likeness (QED) is 0.657. The van der Waals surface area contributed by atoms with Gasteiger partial charge in [0.25, 0.3) is 5.22 Å². The van der Waals surface area contributed by atoms with Crippen LogP contribution in [-0.4, -0.2) is 27.3 Å². The minimum absolute atomic E-state index is 0.0406. The van der Waals surface area contributed by atoms with Crippen molar-refractivity contribution in [2.45, 2.75) is 16.9 Å². The average molecular weight is 369 g/mol. The third-order valence-electron chi connectivity index (χ3n) is 3.87. The van der Waals surface area contributed by atoms with Gasteiger partial charge in [-0.3, -0.25) is 9.59 Å². The largest absolute Gasteiger partial charge is 0.411 e. The highest BCUT2D eigenvalue weighted by molar-refractivity contribution is 8.00. The second kappa shape index (κ2) is 6.72. The van der Waals surface area contributed by atoms with Crippen molar-refractivity contribution in [1.29, 1.82) is 0 Å². The summed E-state index contributed by atoms with van der Waals surface area (Å²) in [4.78, 5) is 25.7. The standard InChI is InChI=1S/C18H12FN3O3S/c19-12-8-4-5-9-13(12)22-15(23)10-14(17(22)24)26-18-21-20-16(25-18)11-6-2-1-3-7-11/h1-9,14H,10H2/t14-/m0/s1. The molecule has 8 heteroatoms. The van der Waals surface area contributed by atoms with Gasteiger partial charge in [-0.2, -0.15) is 0 Å². The second-order valence-electron chi connectivity index (χ2n) is 5.57. The van der Waals surface area contributed by atoms with Gasteiger partial charge in [-0.15, -0.1) is 10.2 Å². The molecule has 2 aromatic carbocycles. The van der Waals surface area contributed by atoms with Gasteiger partial charge in [0, 0.05) is 12.0 Å². The van der Waals surface area contributed by atoms with Gasteiger partial charge < -0.3 is 4.42 Å². The number of anilines is 1.